The Bertz CT molecular complexity index is 1120. The molecule has 134 valence electrons. The van der Waals surface area contributed by atoms with E-state index in [0.717, 1.165) is 28.7 Å². The summed E-state index contributed by atoms with van der Waals surface area (Å²) in [4.78, 5) is 14.9. The van der Waals surface area contributed by atoms with Gasteiger partial charge in [-0.25, -0.2) is 4.98 Å². The minimum atomic E-state index is -0.490. The molecule has 0 fully saturated rings. The van der Waals surface area contributed by atoms with Crippen LogP contribution in [0.25, 0.3) is 22.4 Å². The zero-order valence-electron chi connectivity index (χ0n) is 14.4. The lowest BCUT2D eigenvalue weighted by Crippen LogP contribution is -1.96. The van der Waals surface area contributed by atoms with E-state index < -0.39 is 4.92 Å². The first kappa shape index (κ1) is 16.8. The molecule has 1 heterocycles. The second-order valence-corrected chi connectivity index (χ2v) is 6.36. The molecule has 0 unspecified atom stereocenters. The molecule has 0 bridgehead atoms. The van der Waals surface area contributed by atoms with E-state index in [2.05, 4.69) is 17.1 Å². The Labute approximate surface area is 155 Å². The number of hydrogen-bond donors (Lipinski definition) is 1. The van der Waals surface area contributed by atoms with Gasteiger partial charge in [-0.15, -0.1) is 0 Å². The fourth-order valence-electron chi connectivity index (χ4n) is 3.15. The third-order valence-electron chi connectivity index (χ3n) is 4.56. The Hall–Kier alpha value is -3.67. The topological polar surface area (TPSA) is 81.2 Å². The number of aryl methyl sites for hydroxylation is 2. The van der Waals surface area contributed by atoms with E-state index in [1.807, 2.05) is 42.5 Å². The van der Waals surface area contributed by atoms with E-state index in [1.54, 1.807) is 6.07 Å². The number of hydrogen-bond acceptors (Lipinski definition) is 4. The van der Waals surface area contributed by atoms with Crippen LogP contribution < -0.4 is 0 Å². The lowest BCUT2D eigenvalue weighted by atomic mass is 10.0. The summed E-state index contributed by atoms with van der Waals surface area (Å²) < 4.78 is 0.915. The number of benzene rings is 3. The van der Waals surface area contributed by atoms with Crippen LogP contribution in [0.2, 0.25) is 0 Å². The summed E-state index contributed by atoms with van der Waals surface area (Å²) in [6.45, 7) is 0. The first-order chi connectivity index (χ1) is 13.1. The minimum absolute atomic E-state index is 0.0825. The highest BCUT2D eigenvalue weighted by molar-refractivity contribution is 5.82. The number of non-ortho nitro benzene ring substituents is 1. The van der Waals surface area contributed by atoms with Crippen molar-refractivity contribution in [2.75, 3.05) is 0 Å². The Balaban J connectivity index is 1.65. The van der Waals surface area contributed by atoms with E-state index in [4.69, 9.17) is 0 Å². The highest BCUT2D eigenvalue weighted by Crippen LogP contribution is 2.27. The fraction of sp³-hybridized carbons (Fsp3) is 0.0952. The smallest absolute Gasteiger partial charge is 0.271 e. The standard InChI is InChI=1S/C21H17N3O3/c25-23-20-14-18(24(26)27)11-12-19(20)22-21(23)17-8-4-7-16(13-17)10-9-15-5-2-1-3-6-15/h1-8,11-14,25H,9-10H2. The Kier molecular flexibility index (Phi) is 4.30. The number of imidazole rings is 1. The van der Waals surface area contributed by atoms with Crippen LogP contribution in [0.1, 0.15) is 11.1 Å². The largest absolute Gasteiger partial charge is 0.426 e. The summed E-state index contributed by atoms with van der Waals surface area (Å²) >= 11 is 0. The van der Waals surface area contributed by atoms with Gasteiger partial charge in [-0.1, -0.05) is 48.5 Å². The van der Waals surface area contributed by atoms with Crippen molar-refractivity contribution in [1.29, 1.82) is 0 Å². The van der Waals surface area contributed by atoms with Gasteiger partial charge in [-0.3, -0.25) is 10.1 Å². The van der Waals surface area contributed by atoms with E-state index in [0.29, 0.717) is 16.9 Å². The highest BCUT2D eigenvalue weighted by atomic mass is 16.6. The van der Waals surface area contributed by atoms with Crippen LogP contribution in [-0.2, 0) is 12.8 Å². The van der Waals surface area contributed by atoms with Gasteiger partial charge in [0.2, 0.25) is 0 Å². The van der Waals surface area contributed by atoms with Crippen LogP contribution in [0.3, 0.4) is 0 Å². The molecule has 0 saturated carbocycles. The highest BCUT2D eigenvalue weighted by Gasteiger charge is 2.16. The molecule has 0 aliphatic rings. The van der Waals surface area contributed by atoms with Crippen LogP contribution >= 0.6 is 0 Å². The molecule has 0 atom stereocenters. The maximum Gasteiger partial charge on any atom is 0.271 e. The SMILES string of the molecule is O=[N+]([O-])c1ccc2nc(-c3cccc(CCc4ccccc4)c3)n(O)c2c1. The van der Waals surface area contributed by atoms with Gasteiger partial charge in [0, 0.05) is 17.7 Å². The minimum Gasteiger partial charge on any atom is -0.426 e. The summed E-state index contributed by atoms with van der Waals surface area (Å²) in [5.41, 5.74) is 3.91. The molecule has 4 rings (SSSR count). The first-order valence-electron chi connectivity index (χ1n) is 8.61. The van der Waals surface area contributed by atoms with Crippen LogP contribution in [0.4, 0.5) is 5.69 Å². The third kappa shape index (κ3) is 3.37. The molecule has 6 heteroatoms. The van der Waals surface area contributed by atoms with Gasteiger partial charge in [-0.05, 0) is 36.1 Å². The number of fused-ring (bicyclic) bond motifs is 1. The van der Waals surface area contributed by atoms with Crippen molar-refractivity contribution in [2.45, 2.75) is 12.8 Å². The quantitative estimate of drug-likeness (QED) is 0.320. The summed E-state index contributed by atoms with van der Waals surface area (Å²) in [6, 6.07) is 22.3. The van der Waals surface area contributed by atoms with Crippen molar-refractivity contribution >= 4 is 16.7 Å². The Morgan fingerprint density at radius 3 is 2.44 bits per heavy atom. The summed E-state index contributed by atoms with van der Waals surface area (Å²) in [6.07, 6.45) is 1.79. The molecule has 0 amide bonds. The number of nitro groups is 1. The molecule has 0 aliphatic heterocycles. The first-order valence-corrected chi connectivity index (χ1v) is 8.61. The average molecular weight is 359 g/mol. The molecular formula is C21H17N3O3. The Morgan fingerprint density at radius 1 is 0.926 bits per heavy atom. The summed E-state index contributed by atoms with van der Waals surface area (Å²) in [7, 11) is 0. The van der Waals surface area contributed by atoms with Crippen LogP contribution in [0.15, 0.2) is 72.8 Å². The third-order valence-corrected chi connectivity index (χ3v) is 4.56. The van der Waals surface area contributed by atoms with Gasteiger partial charge in [0.1, 0.15) is 5.52 Å². The molecular weight excluding hydrogens is 342 g/mol. The van der Waals surface area contributed by atoms with Gasteiger partial charge >= 0.3 is 0 Å². The van der Waals surface area contributed by atoms with E-state index in [1.165, 1.54) is 17.7 Å². The van der Waals surface area contributed by atoms with Crippen molar-refractivity contribution in [3.05, 3.63) is 94.0 Å². The predicted octanol–water partition coefficient (Wildman–Crippen LogP) is 4.63. The Morgan fingerprint density at radius 2 is 1.67 bits per heavy atom. The van der Waals surface area contributed by atoms with Gasteiger partial charge in [0.15, 0.2) is 5.82 Å². The number of aromatic nitrogens is 2. The summed E-state index contributed by atoms with van der Waals surface area (Å²) in [5, 5.41) is 21.4. The van der Waals surface area contributed by atoms with E-state index in [-0.39, 0.29) is 5.69 Å². The lowest BCUT2D eigenvalue weighted by Gasteiger charge is -2.06. The normalized spacial score (nSPS) is 11.0. The van der Waals surface area contributed by atoms with Crippen LogP contribution in [0.5, 0.6) is 0 Å². The zero-order valence-corrected chi connectivity index (χ0v) is 14.4. The maximum absolute atomic E-state index is 11.0. The molecule has 0 radical (unpaired) electrons. The predicted molar refractivity (Wildman–Crippen MR) is 103 cm³/mol. The lowest BCUT2D eigenvalue weighted by molar-refractivity contribution is -0.384. The van der Waals surface area contributed by atoms with Gasteiger partial charge in [0.25, 0.3) is 5.69 Å². The van der Waals surface area contributed by atoms with Crippen LogP contribution in [-0.4, -0.2) is 19.8 Å². The molecule has 0 spiro atoms. The maximum atomic E-state index is 11.0. The second kappa shape index (κ2) is 6.92. The number of rotatable bonds is 5. The van der Waals surface area contributed by atoms with Crippen molar-refractivity contribution in [3.63, 3.8) is 0 Å². The molecule has 27 heavy (non-hydrogen) atoms. The average Bonchev–Trinajstić information content (AvgIpc) is 3.03. The molecule has 0 saturated heterocycles. The van der Waals surface area contributed by atoms with Crippen molar-refractivity contribution in [2.24, 2.45) is 0 Å². The summed E-state index contributed by atoms with van der Waals surface area (Å²) in [5.74, 6) is 0.368. The van der Waals surface area contributed by atoms with Crippen molar-refractivity contribution < 1.29 is 10.1 Å². The fourth-order valence-corrected chi connectivity index (χ4v) is 3.15. The molecule has 1 aromatic heterocycles. The molecule has 3 aromatic carbocycles. The van der Waals surface area contributed by atoms with Gasteiger partial charge in [-0.2, -0.15) is 4.73 Å². The van der Waals surface area contributed by atoms with Crippen molar-refractivity contribution in [3.8, 4) is 11.4 Å². The molecule has 0 aliphatic carbocycles. The van der Waals surface area contributed by atoms with E-state index >= 15 is 0 Å². The van der Waals surface area contributed by atoms with E-state index in [9.17, 15) is 15.3 Å². The van der Waals surface area contributed by atoms with Crippen molar-refractivity contribution in [1.82, 2.24) is 9.71 Å². The zero-order chi connectivity index (χ0) is 18.8. The van der Waals surface area contributed by atoms with Crippen LogP contribution in [0, 0.1) is 10.1 Å². The van der Waals surface area contributed by atoms with Gasteiger partial charge in [0.05, 0.1) is 10.4 Å². The second-order valence-electron chi connectivity index (χ2n) is 6.36. The number of nitrogens with zero attached hydrogens (tertiary/aromatic N) is 3. The monoisotopic (exact) mass is 359 g/mol. The number of nitro benzene ring substituents is 1. The molecule has 4 aromatic rings. The molecule has 6 nitrogen and oxygen atoms in total. The van der Waals surface area contributed by atoms with Gasteiger partial charge < -0.3 is 5.21 Å². The molecule has 1 N–H and O–H groups in total.